The molecule has 1 unspecified atom stereocenters. The van der Waals surface area contributed by atoms with Crippen molar-refractivity contribution in [1.29, 1.82) is 0 Å². The van der Waals surface area contributed by atoms with E-state index >= 15 is 0 Å². The Balaban J connectivity index is 1.64. The second-order valence-corrected chi connectivity index (χ2v) is 6.55. The van der Waals surface area contributed by atoms with Crippen molar-refractivity contribution >= 4 is 11.7 Å². The van der Waals surface area contributed by atoms with Gasteiger partial charge in [-0.3, -0.25) is 4.79 Å². The number of aromatic nitrogens is 1. The van der Waals surface area contributed by atoms with Crippen LogP contribution in [0, 0.1) is 12.8 Å². The minimum absolute atomic E-state index is 0.125. The number of likely N-dealkylation sites (N-methyl/N-ethyl adjacent to an activating group) is 1. The Morgan fingerprint density at radius 2 is 1.95 bits per heavy atom. The molecular formula is C17H26N4O. The van der Waals surface area contributed by atoms with E-state index in [1.165, 1.54) is 0 Å². The normalized spacial score (nSPS) is 23.6. The van der Waals surface area contributed by atoms with Crippen molar-refractivity contribution in [1.82, 2.24) is 14.8 Å². The Hall–Kier alpha value is -1.62. The number of anilines is 1. The van der Waals surface area contributed by atoms with E-state index in [9.17, 15) is 4.79 Å². The fourth-order valence-corrected chi connectivity index (χ4v) is 3.38. The molecule has 0 aromatic carbocycles. The highest BCUT2D eigenvalue weighted by molar-refractivity contribution is 5.80. The van der Waals surface area contributed by atoms with E-state index in [-0.39, 0.29) is 5.92 Å². The smallest absolute Gasteiger partial charge is 0.227 e. The van der Waals surface area contributed by atoms with E-state index in [1.807, 2.05) is 19.1 Å². The molecule has 2 saturated heterocycles. The number of amides is 1. The van der Waals surface area contributed by atoms with Gasteiger partial charge in [0.1, 0.15) is 5.82 Å². The van der Waals surface area contributed by atoms with Crippen molar-refractivity contribution in [3.63, 3.8) is 0 Å². The topological polar surface area (TPSA) is 39.7 Å². The molecule has 0 spiro atoms. The Morgan fingerprint density at radius 3 is 2.68 bits per heavy atom. The van der Waals surface area contributed by atoms with Crippen molar-refractivity contribution in [3.8, 4) is 0 Å². The molecular weight excluding hydrogens is 276 g/mol. The Bertz CT molecular complexity index is 525. The summed E-state index contributed by atoms with van der Waals surface area (Å²) >= 11 is 0. The Kier molecular flexibility index (Phi) is 4.62. The van der Waals surface area contributed by atoms with Gasteiger partial charge in [0.05, 0.1) is 5.92 Å². The number of piperidine rings is 1. The third kappa shape index (κ3) is 3.40. The number of pyridine rings is 1. The number of nitrogens with zero attached hydrogens (tertiary/aromatic N) is 4. The highest BCUT2D eigenvalue weighted by Gasteiger charge is 2.30. The quantitative estimate of drug-likeness (QED) is 0.827. The average molecular weight is 302 g/mol. The van der Waals surface area contributed by atoms with Gasteiger partial charge in [-0.05, 0) is 38.9 Å². The number of carbonyl (C=O) groups excluding carboxylic acids is 1. The molecule has 0 radical (unpaired) electrons. The minimum Gasteiger partial charge on any atom is -0.356 e. The third-order valence-electron chi connectivity index (χ3n) is 4.78. The molecule has 120 valence electrons. The van der Waals surface area contributed by atoms with Crippen LogP contribution in [0.15, 0.2) is 18.2 Å². The summed E-state index contributed by atoms with van der Waals surface area (Å²) in [5.74, 6) is 1.47. The number of piperazine rings is 1. The summed E-state index contributed by atoms with van der Waals surface area (Å²) < 4.78 is 0. The maximum atomic E-state index is 12.8. The van der Waals surface area contributed by atoms with E-state index < -0.39 is 0 Å². The summed E-state index contributed by atoms with van der Waals surface area (Å²) in [7, 11) is 2.12. The molecule has 22 heavy (non-hydrogen) atoms. The summed E-state index contributed by atoms with van der Waals surface area (Å²) in [5, 5.41) is 0. The monoisotopic (exact) mass is 302 g/mol. The molecule has 2 aliphatic rings. The van der Waals surface area contributed by atoms with Crippen molar-refractivity contribution < 1.29 is 4.79 Å². The standard InChI is InChI=1S/C17H26N4O/c1-14-5-3-7-16(18-14)21-8-4-6-15(13-21)17(22)20-11-9-19(2)10-12-20/h3,5,7,15H,4,6,8-13H2,1-2H3. The molecule has 1 aromatic heterocycles. The van der Waals surface area contributed by atoms with Gasteiger partial charge in [-0.1, -0.05) is 6.07 Å². The molecule has 3 heterocycles. The Labute approximate surface area is 132 Å². The lowest BCUT2D eigenvalue weighted by molar-refractivity contribution is -0.137. The lowest BCUT2D eigenvalue weighted by atomic mass is 9.96. The summed E-state index contributed by atoms with van der Waals surface area (Å²) in [5.41, 5.74) is 1.03. The highest BCUT2D eigenvalue weighted by Crippen LogP contribution is 2.23. The van der Waals surface area contributed by atoms with Crippen LogP contribution in [-0.2, 0) is 4.79 Å². The van der Waals surface area contributed by atoms with Crippen molar-refractivity contribution in [2.75, 3.05) is 51.2 Å². The summed E-state index contributed by atoms with van der Waals surface area (Å²) in [6.07, 6.45) is 2.08. The molecule has 2 fully saturated rings. The lowest BCUT2D eigenvalue weighted by Gasteiger charge is -2.38. The van der Waals surface area contributed by atoms with E-state index in [0.717, 1.165) is 63.6 Å². The van der Waals surface area contributed by atoms with E-state index in [0.29, 0.717) is 5.91 Å². The van der Waals surface area contributed by atoms with Crippen molar-refractivity contribution in [2.45, 2.75) is 19.8 Å². The van der Waals surface area contributed by atoms with E-state index in [2.05, 4.69) is 32.8 Å². The zero-order chi connectivity index (χ0) is 15.5. The van der Waals surface area contributed by atoms with Crippen molar-refractivity contribution in [3.05, 3.63) is 23.9 Å². The number of hydrogen-bond donors (Lipinski definition) is 0. The maximum Gasteiger partial charge on any atom is 0.227 e. The average Bonchev–Trinajstić information content (AvgIpc) is 2.55. The van der Waals surface area contributed by atoms with Gasteiger partial charge in [0.25, 0.3) is 0 Å². The van der Waals surface area contributed by atoms with Crippen LogP contribution in [0.3, 0.4) is 0 Å². The predicted molar refractivity (Wildman–Crippen MR) is 88.0 cm³/mol. The number of rotatable bonds is 2. The number of aryl methyl sites for hydroxylation is 1. The highest BCUT2D eigenvalue weighted by atomic mass is 16.2. The third-order valence-corrected chi connectivity index (χ3v) is 4.78. The Morgan fingerprint density at radius 1 is 1.18 bits per heavy atom. The summed E-state index contributed by atoms with van der Waals surface area (Å²) in [6, 6.07) is 6.11. The summed E-state index contributed by atoms with van der Waals surface area (Å²) in [4.78, 5) is 24.0. The van der Waals surface area contributed by atoms with Crippen LogP contribution < -0.4 is 4.90 Å². The molecule has 2 aliphatic heterocycles. The van der Waals surface area contributed by atoms with E-state index in [4.69, 9.17) is 0 Å². The zero-order valence-electron chi connectivity index (χ0n) is 13.7. The zero-order valence-corrected chi connectivity index (χ0v) is 13.7. The van der Waals surface area contributed by atoms with Crippen LogP contribution in [0.25, 0.3) is 0 Å². The van der Waals surface area contributed by atoms with Crippen LogP contribution in [0.5, 0.6) is 0 Å². The molecule has 1 amide bonds. The molecule has 3 rings (SSSR count). The molecule has 0 aliphatic carbocycles. The first-order valence-corrected chi connectivity index (χ1v) is 8.29. The van der Waals surface area contributed by atoms with Gasteiger partial charge in [0.2, 0.25) is 5.91 Å². The van der Waals surface area contributed by atoms with Crippen LogP contribution >= 0.6 is 0 Å². The number of carbonyl (C=O) groups is 1. The van der Waals surface area contributed by atoms with Gasteiger partial charge in [-0.2, -0.15) is 0 Å². The fourth-order valence-electron chi connectivity index (χ4n) is 3.38. The number of hydrogen-bond acceptors (Lipinski definition) is 4. The van der Waals surface area contributed by atoms with Crippen LogP contribution in [0.1, 0.15) is 18.5 Å². The van der Waals surface area contributed by atoms with Gasteiger partial charge in [-0.15, -0.1) is 0 Å². The van der Waals surface area contributed by atoms with Gasteiger partial charge in [0.15, 0.2) is 0 Å². The molecule has 0 saturated carbocycles. The minimum atomic E-state index is 0.125. The van der Waals surface area contributed by atoms with Gasteiger partial charge < -0.3 is 14.7 Å². The first-order chi connectivity index (χ1) is 10.6. The van der Waals surface area contributed by atoms with Crippen LogP contribution in [0.4, 0.5) is 5.82 Å². The van der Waals surface area contributed by atoms with E-state index in [1.54, 1.807) is 0 Å². The maximum absolute atomic E-state index is 12.8. The van der Waals surface area contributed by atoms with Crippen LogP contribution in [-0.4, -0.2) is 67.0 Å². The largest absolute Gasteiger partial charge is 0.356 e. The first kappa shape index (κ1) is 15.3. The van der Waals surface area contributed by atoms with Crippen molar-refractivity contribution in [2.24, 2.45) is 5.92 Å². The first-order valence-electron chi connectivity index (χ1n) is 8.29. The van der Waals surface area contributed by atoms with Gasteiger partial charge in [0, 0.05) is 45.0 Å². The van der Waals surface area contributed by atoms with Gasteiger partial charge in [-0.25, -0.2) is 4.98 Å². The lowest BCUT2D eigenvalue weighted by Crippen LogP contribution is -2.51. The van der Waals surface area contributed by atoms with Gasteiger partial charge >= 0.3 is 0 Å². The second-order valence-electron chi connectivity index (χ2n) is 6.55. The molecule has 0 bridgehead atoms. The molecule has 1 aromatic rings. The molecule has 5 nitrogen and oxygen atoms in total. The predicted octanol–water partition coefficient (Wildman–Crippen LogP) is 1.38. The second kappa shape index (κ2) is 6.65. The van der Waals surface area contributed by atoms with Crippen LogP contribution in [0.2, 0.25) is 0 Å². The summed E-state index contributed by atoms with van der Waals surface area (Å²) in [6.45, 7) is 7.54. The SMILES string of the molecule is Cc1cccc(N2CCCC(C(=O)N3CCN(C)CC3)C2)n1. The molecule has 1 atom stereocenters. The molecule has 0 N–H and O–H groups in total. The fraction of sp³-hybridized carbons (Fsp3) is 0.647. The molecule has 5 heteroatoms.